The number of halogens is 2. The number of pyridine rings is 1. The maximum Gasteiger partial charge on any atom is 0.255 e. The lowest BCUT2D eigenvalue weighted by Gasteiger charge is -2.07. The molecule has 0 saturated carbocycles. The molecule has 0 saturated heterocycles. The fraction of sp³-hybridized carbons (Fsp3) is 0.0769. The molecule has 0 radical (unpaired) electrons. The first kappa shape index (κ1) is 13.1. The molecule has 0 aliphatic heterocycles. The van der Waals surface area contributed by atoms with E-state index < -0.39 is 0 Å². The number of amides is 1. The molecule has 2 rings (SSSR count). The Labute approximate surface area is 118 Å². The van der Waals surface area contributed by atoms with Crippen molar-refractivity contribution >= 4 is 39.1 Å². The van der Waals surface area contributed by atoms with E-state index in [-0.39, 0.29) is 5.91 Å². The van der Waals surface area contributed by atoms with Crippen molar-refractivity contribution < 1.29 is 4.79 Å². The van der Waals surface area contributed by atoms with E-state index in [0.29, 0.717) is 10.7 Å². The van der Waals surface area contributed by atoms with E-state index in [1.54, 1.807) is 6.07 Å². The van der Waals surface area contributed by atoms with Gasteiger partial charge in [-0.1, -0.05) is 27.5 Å². The van der Waals surface area contributed by atoms with Crippen LogP contribution in [0.3, 0.4) is 0 Å². The van der Waals surface area contributed by atoms with Crippen molar-refractivity contribution in [1.29, 1.82) is 0 Å². The number of hydrogen-bond donors (Lipinski definition) is 1. The number of carbonyl (C=O) groups is 1. The minimum atomic E-state index is -0.207. The second-order valence-corrected chi connectivity index (χ2v) is 5.03. The van der Waals surface area contributed by atoms with Crippen molar-refractivity contribution in [2.45, 2.75) is 6.92 Å². The first-order valence-electron chi connectivity index (χ1n) is 5.25. The first-order valence-corrected chi connectivity index (χ1v) is 6.42. The second kappa shape index (κ2) is 5.50. The zero-order chi connectivity index (χ0) is 13.1. The van der Waals surface area contributed by atoms with Crippen LogP contribution in [0.2, 0.25) is 5.15 Å². The highest BCUT2D eigenvalue weighted by Crippen LogP contribution is 2.20. The van der Waals surface area contributed by atoms with E-state index in [1.807, 2.05) is 25.1 Å². The maximum absolute atomic E-state index is 12.0. The fourth-order valence-electron chi connectivity index (χ4n) is 1.47. The monoisotopic (exact) mass is 324 g/mol. The predicted octanol–water partition coefficient (Wildman–Crippen LogP) is 4.06. The van der Waals surface area contributed by atoms with Gasteiger partial charge in [-0.3, -0.25) is 4.79 Å². The standard InChI is InChI=1S/C13H10BrClN2O/c1-8-6-10(2-3-11(8)14)17-13(18)9-4-5-16-12(15)7-9/h2-7H,1H3,(H,17,18). The number of aromatic nitrogens is 1. The minimum absolute atomic E-state index is 0.207. The molecule has 3 nitrogen and oxygen atoms in total. The summed E-state index contributed by atoms with van der Waals surface area (Å²) in [5.41, 5.74) is 2.28. The highest BCUT2D eigenvalue weighted by molar-refractivity contribution is 9.10. The number of rotatable bonds is 2. The van der Waals surface area contributed by atoms with Gasteiger partial charge in [0, 0.05) is 21.9 Å². The third-order valence-electron chi connectivity index (χ3n) is 2.40. The van der Waals surface area contributed by atoms with Crippen LogP contribution in [0.25, 0.3) is 0 Å². The number of carbonyl (C=O) groups excluding carboxylic acids is 1. The van der Waals surface area contributed by atoms with Crippen molar-refractivity contribution in [3.8, 4) is 0 Å². The Morgan fingerprint density at radius 3 is 2.78 bits per heavy atom. The lowest BCUT2D eigenvalue weighted by molar-refractivity contribution is 0.102. The highest BCUT2D eigenvalue weighted by Gasteiger charge is 2.07. The molecule has 92 valence electrons. The quantitative estimate of drug-likeness (QED) is 0.846. The fourth-order valence-corrected chi connectivity index (χ4v) is 1.89. The summed E-state index contributed by atoms with van der Waals surface area (Å²) in [5.74, 6) is -0.207. The summed E-state index contributed by atoms with van der Waals surface area (Å²) in [5, 5.41) is 3.11. The van der Waals surface area contributed by atoms with E-state index in [4.69, 9.17) is 11.6 Å². The molecule has 18 heavy (non-hydrogen) atoms. The van der Waals surface area contributed by atoms with Crippen molar-refractivity contribution in [3.05, 3.63) is 57.3 Å². The van der Waals surface area contributed by atoms with Crippen LogP contribution in [0.4, 0.5) is 5.69 Å². The lowest BCUT2D eigenvalue weighted by Crippen LogP contribution is -2.12. The van der Waals surface area contributed by atoms with Gasteiger partial charge in [0.25, 0.3) is 5.91 Å². The normalized spacial score (nSPS) is 10.2. The van der Waals surface area contributed by atoms with Crippen molar-refractivity contribution in [3.63, 3.8) is 0 Å². The van der Waals surface area contributed by atoms with Crippen molar-refractivity contribution in [2.75, 3.05) is 5.32 Å². The van der Waals surface area contributed by atoms with Crippen molar-refractivity contribution in [1.82, 2.24) is 4.98 Å². The molecule has 1 N–H and O–H groups in total. The summed E-state index contributed by atoms with van der Waals surface area (Å²) in [4.78, 5) is 15.8. The van der Waals surface area contributed by atoms with Gasteiger partial charge in [0.15, 0.2) is 0 Å². The molecule has 1 amide bonds. The summed E-state index contributed by atoms with van der Waals surface area (Å²) in [7, 11) is 0. The molecule has 0 bridgehead atoms. The average Bonchev–Trinajstić information content (AvgIpc) is 2.34. The van der Waals surface area contributed by atoms with E-state index >= 15 is 0 Å². The molecule has 1 aromatic heterocycles. The SMILES string of the molecule is Cc1cc(NC(=O)c2ccnc(Cl)c2)ccc1Br. The Morgan fingerprint density at radius 2 is 2.11 bits per heavy atom. The molecule has 1 aromatic carbocycles. The average molecular weight is 326 g/mol. The minimum Gasteiger partial charge on any atom is -0.322 e. The molecule has 5 heteroatoms. The van der Waals surface area contributed by atoms with E-state index in [2.05, 4.69) is 26.2 Å². The Balaban J connectivity index is 2.18. The van der Waals surface area contributed by atoms with Gasteiger partial charge in [-0.15, -0.1) is 0 Å². The first-order chi connectivity index (χ1) is 8.56. The van der Waals surface area contributed by atoms with E-state index in [0.717, 1.165) is 15.7 Å². The molecule has 0 atom stereocenters. The molecule has 0 unspecified atom stereocenters. The zero-order valence-corrected chi connectivity index (χ0v) is 11.9. The van der Waals surface area contributed by atoms with Gasteiger partial charge in [-0.2, -0.15) is 0 Å². The molecule has 0 fully saturated rings. The van der Waals surface area contributed by atoms with Crippen LogP contribution in [0.1, 0.15) is 15.9 Å². The van der Waals surface area contributed by atoms with Gasteiger partial charge < -0.3 is 5.32 Å². The molecule has 0 aliphatic rings. The molecule has 2 aromatic rings. The Morgan fingerprint density at radius 1 is 1.33 bits per heavy atom. The predicted molar refractivity (Wildman–Crippen MR) is 76.1 cm³/mol. The van der Waals surface area contributed by atoms with Crippen LogP contribution < -0.4 is 5.32 Å². The summed E-state index contributed by atoms with van der Waals surface area (Å²) in [6, 6.07) is 8.77. The second-order valence-electron chi connectivity index (χ2n) is 3.79. The number of benzene rings is 1. The van der Waals surface area contributed by atoms with Gasteiger partial charge in [0.2, 0.25) is 0 Å². The Bertz CT molecular complexity index is 601. The van der Waals surface area contributed by atoms with Crippen LogP contribution >= 0.6 is 27.5 Å². The molecular formula is C13H10BrClN2O. The van der Waals surface area contributed by atoms with Gasteiger partial charge in [0.1, 0.15) is 5.15 Å². The van der Waals surface area contributed by atoms with Gasteiger partial charge in [-0.05, 0) is 42.8 Å². The van der Waals surface area contributed by atoms with Crippen molar-refractivity contribution in [2.24, 2.45) is 0 Å². The number of nitrogens with zero attached hydrogens (tertiary/aromatic N) is 1. The van der Waals surface area contributed by atoms with Gasteiger partial charge in [-0.25, -0.2) is 4.98 Å². The summed E-state index contributed by atoms with van der Waals surface area (Å²) >= 11 is 9.15. The smallest absolute Gasteiger partial charge is 0.255 e. The number of hydrogen-bond acceptors (Lipinski definition) is 2. The van der Waals surface area contributed by atoms with Gasteiger partial charge >= 0.3 is 0 Å². The van der Waals surface area contributed by atoms with Gasteiger partial charge in [0.05, 0.1) is 0 Å². The Kier molecular flexibility index (Phi) is 3.99. The van der Waals surface area contributed by atoms with Crippen LogP contribution in [-0.2, 0) is 0 Å². The third kappa shape index (κ3) is 3.09. The van der Waals surface area contributed by atoms with Crippen LogP contribution in [0.5, 0.6) is 0 Å². The molecule has 0 aliphatic carbocycles. The summed E-state index contributed by atoms with van der Waals surface area (Å²) in [6.07, 6.45) is 1.50. The number of nitrogens with one attached hydrogen (secondary N) is 1. The topological polar surface area (TPSA) is 42.0 Å². The largest absolute Gasteiger partial charge is 0.322 e. The zero-order valence-electron chi connectivity index (χ0n) is 9.58. The molecular weight excluding hydrogens is 316 g/mol. The summed E-state index contributed by atoms with van der Waals surface area (Å²) in [6.45, 7) is 1.96. The number of aryl methyl sites for hydroxylation is 1. The summed E-state index contributed by atoms with van der Waals surface area (Å²) < 4.78 is 1.01. The molecule has 1 heterocycles. The lowest BCUT2D eigenvalue weighted by atomic mass is 10.2. The molecule has 0 spiro atoms. The third-order valence-corrected chi connectivity index (χ3v) is 3.50. The maximum atomic E-state index is 12.0. The van der Waals surface area contributed by atoms with E-state index in [1.165, 1.54) is 12.3 Å². The van der Waals surface area contributed by atoms with Crippen LogP contribution in [0.15, 0.2) is 41.0 Å². The van der Waals surface area contributed by atoms with Crippen LogP contribution in [0, 0.1) is 6.92 Å². The highest BCUT2D eigenvalue weighted by atomic mass is 79.9. The Hall–Kier alpha value is -1.39. The number of anilines is 1. The van der Waals surface area contributed by atoms with E-state index in [9.17, 15) is 4.79 Å². The van der Waals surface area contributed by atoms with Crippen LogP contribution in [-0.4, -0.2) is 10.9 Å².